The summed E-state index contributed by atoms with van der Waals surface area (Å²) in [4.78, 5) is 15.9. The predicted molar refractivity (Wildman–Crippen MR) is 90.9 cm³/mol. The van der Waals surface area contributed by atoms with Crippen LogP contribution < -0.4 is 15.4 Å². The van der Waals surface area contributed by atoms with Crippen LogP contribution in [-0.2, 0) is 6.54 Å². The number of nitrogens with one attached hydrogen (secondary N) is 2. The first-order valence-corrected chi connectivity index (χ1v) is 8.46. The monoisotopic (exact) mass is 347 g/mol. The van der Waals surface area contributed by atoms with Crippen molar-refractivity contribution < 1.29 is 13.9 Å². The van der Waals surface area contributed by atoms with E-state index in [0.29, 0.717) is 12.2 Å². The van der Waals surface area contributed by atoms with Crippen molar-refractivity contribution in [1.82, 2.24) is 20.1 Å². The summed E-state index contributed by atoms with van der Waals surface area (Å²) in [5.41, 5.74) is 0.377. The molecule has 1 aliphatic carbocycles. The lowest BCUT2D eigenvalue weighted by molar-refractivity contribution is 0.201. The van der Waals surface area contributed by atoms with Gasteiger partial charge in [-0.05, 0) is 44.7 Å². The van der Waals surface area contributed by atoms with Gasteiger partial charge in [-0.3, -0.25) is 4.68 Å². The summed E-state index contributed by atoms with van der Waals surface area (Å²) >= 11 is 0. The Morgan fingerprint density at radius 3 is 2.92 bits per heavy atom. The average Bonchev–Trinajstić information content (AvgIpc) is 3.23. The van der Waals surface area contributed by atoms with E-state index in [1.807, 2.05) is 6.92 Å². The molecule has 25 heavy (non-hydrogen) atoms. The van der Waals surface area contributed by atoms with Crippen LogP contribution in [0.5, 0.6) is 5.75 Å². The van der Waals surface area contributed by atoms with E-state index in [1.54, 1.807) is 23.1 Å². The van der Waals surface area contributed by atoms with Gasteiger partial charge in [0.25, 0.3) is 0 Å². The van der Waals surface area contributed by atoms with Crippen molar-refractivity contribution >= 4 is 11.7 Å². The summed E-state index contributed by atoms with van der Waals surface area (Å²) in [5, 5.41) is 9.37. The molecule has 1 fully saturated rings. The lowest BCUT2D eigenvalue weighted by atomic mass is 10.2. The molecular weight excluding hydrogens is 325 g/mol. The molecule has 1 atom stereocenters. The number of hydrogen-bond donors (Lipinski definition) is 2. The van der Waals surface area contributed by atoms with E-state index in [1.165, 1.54) is 12.4 Å². The standard InChI is InChI=1S/C17H22FN5O2/c1-12(9-23-11-19-10-20-23)21-17(24)22-13-6-7-16(15(18)8-13)25-14-4-2-3-5-14/h6-8,10-12,14H,2-5,9H2,1H3,(H2,21,22,24)/t12-/m1/s1. The molecule has 1 aliphatic rings. The highest BCUT2D eigenvalue weighted by Gasteiger charge is 2.18. The first-order chi connectivity index (χ1) is 12.1. The Labute approximate surface area is 145 Å². The van der Waals surface area contributed by atoms with E-state index < -0.39 is 11.8 Å². The van der Waals surface area contributed by atoms with Gasteiger partial charge in [0.05, 0.1) is 12.6 Å². The van der Waals surface area contributed by atoms with Gasteiger partial charge < -0.3 is 15.4 Å². The molecule has 8 heteroatoms. The van der Waals surface area contributed by atoms with Crippen LogP contribution in [0.1, 0.15) is 32.6 Å². The fourth-order valence-electron chi connectivity index (χ4n) is 2.90. The number of urea groups is 1. The maximum atomic E-state index is 14.2. The number of benzene rings is 1. The highest BCUT2D eigenvalue weighted by Crippen LogP contribution is 2.27. The molecule has 1 aromatic heterocycles. The van der Waals surface area contributed by atoms with Crippen LogP contribution in [0.4, 0.5) is 14.9 Å². The maximum Gasteiger partial charge on any atom is 0.319 e. The Morgan fingerprint density at radius 2 is 2.24 bits per heavy atom. The summed E-state index contributed by atoms with van der Waals surface area (Å²) < 4.78 is 21.4. The van der Waals surface area contributed by atoms with Crippen LogP contribution in [0, 0.1) is 5.82 Å². The van der Waals surface area contributed by atoms with Gasteiger partial charge in [0, 0.05) is 17.8 Å². The molecule has 134 valence electrons. The number of hydrogen-bond acceptors (Lipinski definition) is 4. The normalized spacial score (nSPS) is 15.8. The van der Waals surface area contributed by atoms with Gasteiger partial charge >= 0.3 is 6.03 Å². The molecule has 0 unspecified atom stereocenters. The molecule has 0 saturated heterocycles. The number of amides is 2. The van der Waals surface area contributed by atoms with Crippen molar-refractivity contribution in [1.29, 1.82) is 0 Å². The zero-order valence-corrected chi connectivity index (χ0v) is 14.1. The lowest BCUT2D eigenvalue weighted by Gasteiger charge is -2.16. The molecule has 3 rings (SSSR count). The molecule has 1 aromatic carbocycles. The third-order valence-electron chi connectivity index (χ3n) is 4.09. The summed E-state index contributed by atoms with van der Waals surface area (Å²) in [6.45, 7) is 2.34. The second-order valence-electron chi connectivity index (χ2n) is 6.29. The Morgan fingerprint density at radius 1 is 1.44 bits per heavy atom. The van der Waals surface area contributed by atoms with Crippen LogP contribution >= 0.6 is 0 Å². The molecule has 2 N–H and O–H groups in total. The number of rotatable bonds is 6. The third-order valence-corrected chi connectivity index (χ3v) is 4.09. The van der Waals surface area contributed by atoms with Crippen molar-refractivity contribution in [3.05, 3.63) is 36.7 Å². The minimum absolute atomic E-state index is 0.0919. The molecule has 0 radical (unpaired) electrons. The highest BCUT2D eigenvalue weighted by molar-refractivity contribution is 5.89. The zero-order chi connectivity index (χ0) is 17.6. The van der Waals surface area contributed by atoms with Gasteiger partial charge in [0.2, 0.25) is 0 Å². The summed E-state index contributed by atoms with van der Waals surface area (Å²) in [7, 11) is 0. The molecule has 7 nitrogen and oxygen atoms in total. The Bertz CT molecular complexity index is 701. The topological polar surface area (TPSA) is 81.1 Å². The smallest absolute Gasteiger partial charge is 0.319 e. The van der Waals surface area contributed by atoms with E-state index in [0.717, 1.165) is 25.7 Å². The first-order valence-electron chi connectivity index (χ1n) is 8.46. The Hall–Kier alpha value is -2.64. The molecular formula is C17H22FN5O2. The molecule has 1 saturated carbocycles. The number of carbonyl (C=O) groups excluding carboxylic acids is 1. The number of halogens is 1. The second-order valence-corrected chi connectivity index (χ2v) is 6.29. The van der Waals surface area contributed by atoms with Crippen LogP contribution in [0.15, 0.2) is 30.9 Å². The van der Waals surface area contributed by atoms with Crippen molar-refractivity contribution in [2.24, 2.45) is 0 Å². The average molecular weight is 347 g/mol. The number of anilines is 1. The summed E-state index contributed by atoms with van der Waals surface area (Å²) in [6, 6.07) is 3.90. The molecule has 2 aromatic rings. The molecule has 0 bridgehead atoms. The van der Waals surface area contributed by atoms with Gasteiger partial charge in [-0.15, -0.1) is 0 Å². The van der Waals surface area contributed by atoms with Crippen molar-refractivity contribution in [2.75, 3.05) is 5.32 Å². The van der Waals surface area contributed by atoms with Crippen LogP contribution in [0.25, 0.3) is 0 Å². The predicted octanol–water partition coefficient (Wildman–Crippen LogP) is 2.95. The highest BCUT2D eigenvalue weighted by atomic mass is 19.1. The van der Waals surface area contributed by atoms with E-state index >= 15 is 0 Å². The maximum absolute atomic E-state index is 14.2. The Balaban J connectivity index is 1.51. The van der Waals surface area contributed by atoms with Crippen LogP contribution in [0.3, 0.4) is 0 Å². The van der Waals surface area contributed by atoms with E-state index in [-0.39, 0.29) is 17.9 Å². The van der Waals surface area contributed by atoms with Gasteiger partial charge in [-0.25, -0.2) is 14.2 Å². The van der Waals surface area contributed by atoms with Gasteiger partial charge in [0.1, 0.15) is 12.7 Å². The van der Waals surface area contributed by atoms with Crippen LogP contribution in [0.2, 0.25) is 0 Å². The largest absolute Gasteiger partial charge is 0.487 e. The lowest BCUT2D eigenvalue weighted by Crippen LogP contribution is -2.38. The second kappa shape index (κ2) is 7.96. The SMILES string of the molecule is C[C@H](Cn1cncn1)NC(=O)Nc1ccc(OC2CCCC2)c(F)c1. The zero-order valence-electron chi connectivity index (χ0n) is 14.1. The molecule has 2 amide bonds. The number of ether oxygens (including phenoxy) is 1. The van der Waals surface area contributed by atoms with Crippen molar-refractivity contribution in [3.63, 3.8) is 0 Å². The minimum atomic E-state index is -0.472. The summed E-state index contributed by atoms with van der Waals surface area (Å²) in [5.74, 6) is -0.238. The summed E-state index contributed by atoms with van der Waals surface area (Å²) in [6.07, 6.45) is 7.28. The van der Waals surface area contributed by atoms with Crippen molar-refractivity contribution in [2.45, 2.75) is 51.3 Å². The molecule has 0 aliphatic heterocycles. The number of aromatic nitrogens is 3. The van der Waals surface area contributed by atoms with E-state index in [4.69, 9.17) is 4.74 Å². The van der Waals surface area contributed by atoms with Gasteiger partial charge in [0.15, 0.2) is 11.6 Å². The van der Waals surface area contributed by atoms with E-state index in [2.05, 4.69) is 20.7 Å². The van der Waals surface area contributed by atoms with E-state index in [9.17, 15) is 9.18 Å². The number of nitrogens with zero attached hydrogens (tertiary/aromatic N) is 3. The quantitative estimate of drug-likeness (QED) is 0.842. The van der Waals surface area contributed by atoms with Gasteiger partial charge in [-0.1, -0.05) is 0 Å². The first kappa shape index (κ1) is 17.2. The van der Waals surface area contributed by atoms with Gasteiger partial charge in [-0.2, -0.15) is 5.10 Å². The minimum Gasteiger partial charge on any atom is -0.487 e. The Kier molecular flexibility index (Phi) is 5.47. The fraction of sp³-hybridized carbons (Fsp3) is 0.471. The van der Waals surface area contributed by atoms with Crippen LogP contribution in [-0.4, -0.2) is 32.9 Å². The number of carbonyl (C=O) groups is 1. The molecule has 0 spiro atoms. The third kappa shape index (κ3) is 4.91. The molecule has 1 heterocycles. The fourth-order valence-corrected chi connectivity index (χ4v) is 2.90. The van der Waals surface area contributed by atoms with Crippen molar-refractivity contribution in [3.8, 4) is 5.75 Å².